The Labute approximate surface area is 222 Å². The molecule has 7 N–H and O–H groups in total. The van der Waals surface area contributed by atoms with Crippen LogP contribution in [0.1, 0.15) is 45.1 Å². The van der Waals surface area contributed by atoms with Gasteiger partial charge in [-0.25, -0.2) is 0 Å². The number of hydrogen-bond donors (Lipinski definition) is 5. The number of amides is 4. The summed E-state index contributed by atoms with van der Waals surface area (Å²) in [5, 5.41) is 22.5. The first kappa shape index (κ1) is 29.3. The molecule has 0 aliphatic carbocycles. The normalized spacial score (nSPS) is 24.4. The Balaban J connectivity index is 1.99. The fourth-order valence-corrected chi connectivity index (χ4v) is 5.39. The zero-order valence-corrected chi connectivity index (χ0v) is 22.1. The average molecular weight is 534 g/mol. The fraction of sp³-hybridized carbons (Fsp3) is 0.615. The zero-order chi connectivity index (χ0) is 28.2. The van der Waals surface area contributed by atoms with Gasteiger partial charge in [0.05, 0.1) is 19.3 Å². The first-order chi connectivity index (χ1) is 17.9. The third-order valence-corrected chi connectivity index (χ3v) is 7.51. The molecule has 12 nitrogen and oxygen atoms in total. The third-order valence-electron chi connectivity index (χ3n) is 7.51. The van der Waals surface area contributed by atoms with Crippen molar-refractivity contribution >= 4 is 23.6 Å². The Kier molecular flexibility index (Phi) is 9.34. The lowest BCUT2D eigenvalue weighted by atomic mass is 9.86. The summed E-state index contributed by atoms with van der Waals surface area (Å²) in [7, 11) is 1.52. The van der Waals surface area contributed by atoms with E-state index in [-0.39, 0.29) is 13.0 Å². The number of primary amides is 1. The summed E-state index contributed by atoms with van der Waals surface area (Å²) in [5.41, 5.74) is 10.6. The number of carbonyl (C=O) groups excluding carboxylic acids is 4. The molecule has 6 atom stereocenters. The van der Waals surface area contributed by atoms with Gasteiger partial charge in [0.2, 0.25) is 23.6 Å². The van der Waals surface area contributed by atoms with E-state index in [4.69, 9.17) is 16.2 Å². The Bertz CT molecular complexity index is 1050. The van der Waals surface area contributed by atoms with Crippen LogP contribution < -0.4 is 21.5 Å². The fourth-order valence-electron chi connectivity index (χ4n) is 5.39. The highest BCUT2D eigenvalue weighted by Gasteiger charge is 2.53. The Morgan fingerprint density at radius 3 is 2.47 bits per heavy atom. The van der Waals surface area contributed by atoms with E-state index in [1.54, 1.807) is 18.2 Å². The number of nitrogens with two attached hydrogens (primary N) is 2. The summed E-state index contributed by atoms with van der Waals surface area (Å²) in [4.78, 5) is 55.7. The number of hydrogen-bond acceptors (Lipinski definition) is 8. The van der Waals surface area contributed by atoms with Crippen molar-refractivity contribution in [3.63, 3.8) is 0 Å². The molecule has 0 bridgehead atoms. The van der Waals surface area contributed by atoms with Crippen molar-refractivity contribution in [1.29, 1.82) is 0 Å². The second-order valence-electron chi connectivity index (χ2n) is 10.2. The molecule has 12 heteroatoms. The number of ether oxygens (including phenoxy) is 1. The van der Waals surface area contributed by atoms with Gasteiger partial charge in [-0.05, 0) is 57.2 Å². The molecule has 4 amide bonds. The first-order valence-corrected chi connectivity index (χ1v) is 12.9. The molecule has 0 spiro atoms. The molecule has 2 fully saturated rings. The maximum Gasteiger partial charge on any atom is 0.247 e. The number of aliphatic hydroxyl groups excluding tert-OH is 2. The molecule has 2 heterocycles. The number of nitrogens with one attached hydrogen (secondary N) is 1. The van der Waals surface area contributed by atoms with Gasteiger partial charge in [-0.1, -0.05) is 12.1 Å². The monoisotopic (exact) mass is 533 g/mol. The zero-order valence-electron chi connectivity index (χ0n) is 22.1. The maximum atomic E-state index is 14.0. The van der Waals surface area contributed by atoms with Crippen LogP contribution in [0, 0.1) is 0 Å². The van der Waals surface area contributed by atoms with Crippen molar-refractivity contribution in [3.05, 3.63) is 29.8 Å². The van der Waals surface area contributed by atoms with Crippen LogP contribution in [0.3, 0.4) is 0 Å². The van der Waals surface area contributed by atoms with Gasteiger partial charge in [0.1, 0.15) is 29.4 Å². The van der Waals surface area contributed by atoms with Gasteiger partial charge in [0.15, 0.2) is 0 Å². The topological polar surface area (TPSA) is 189 Å². The SMILES string of the molecule is COc1cccc(C[C@]2(C(=O)N[C@H](C(N)=O)[C@@H](C)O)CCCN2C(=O)[C@@H]2CCCN2C(=O)[C@@H](N)[C@@H](C)O)c1. The number of aliphatic hydroxyl groups is 2. The molecule has 1 aromatic rings. The largest absolute Gasteiger partial charge is 0.497 e. The van der Waals surface area contributed by atoms with Gasteiger partial charge in [0, 0.05) is 19.5 Å². The van der Waals surface area contributed by atoms with E-state index in [0.717, 1.165) is 5.56 Å². The van der Waals surface area contributed by atoms with Crippen LogP contribution in [0.15, 0.2) is 24.3 Å². The molecule has 0 unspecified atom stereocenters. The molecule has 2 saturated heterocycles. The quantitative estimate of drug-likeness (QED) is 0.244. The van der Waals surface area contributed by atoms with Crippen molar-refractivity contribution < 1.29 is 34.1 Å². The van der Waals surface area contributed by atoms with Crippen molar-refractivity contribution in [1.82, 2.24) is 15.1 Å². The van der Waals surface area contributed by atoms with Crippen LogP contribution in [0.5, 0.6) is 5.75 Å². The highest BCUT2D eigenvalue weighted by Crippen LogP contribution is 2.36. The van der Waals surface area contributed by atoms with Gasteiger partial charge in [-0.3, -0.25) is 19.2 Å². The molecule has 0 radical (unpaired) electrons. The predicted octanol–water partition coefficient (Wildman–Crippen LogP) is -1.35. The average Bonchev–Trinajstić information content (AvgIpc) is 3.53. The Morgan fingerprint density at radius 2 is 1.87 bits per heavy atom. The van der Waals surface area contributed by atoms with Crippen LogP contribution in [0.25, 0.3) is 0 Å². The highest BCUT2D eigenvalue weighted by molar-refractivity contribution is 5.98. The molecule has 1 aromatic carbocycles. The molecular weight excluding hydrogens is 494 g/mol. The molecule has 210 valence electrons. The second kappa shape index (κ2) is 12.1. The lowest BCUT2D eigenvalue weighted by molar-refractivity contribution is -0.152. The number of carbonyl (C=O) groups is 4. The van der Waals surface area contributed by atoms with Crippen LogP contribution in [0.4, 0.5) is 0 Å². The summed E-state index contributed by atoms with van der Waals surface area (Å²) in [6.07, 6.45) is -0.462. The highest BCUT2D eigenvalue weighted by atomic mass is 16.5. The van der Waals surface area contributed by atoms with Gasteiger partial charge < -0.3 is 41.5 Å². The smallest absolute Gasteiger partial charge is 0.247 e. The van der Waals surface area contributed by atoms with Crippen molar-refractivity contribution in [3.8, 4) is 5.75 Å². The van der Waals surface area contributed by atoms with Gasteiger partial charge in [-0.15, -0.1) is 0 Å². The molecule has 0 saturated carbocycles. The van der Waals surface area contributed by atoms with Crippen molar-refractivity contribution in [2.75, 3.05) is 20.2 Å². The summed E-state index contributed by atoms with van der Waals surface area (Å²) in [6, 6.07) is 3.75. The van der Waals surface area contributed by atoms with E-state index in [9.17, 15) is 29.4 Å². The van der Waals surface area contributed by atoms with Crippen molar-refractivity contribution in [2.24, 2.45) is 11.5 Å². The predicted molar refractivity (Wildman–Crippen MR) is 138 cm³/mol. The number of nitrogens with zero attached hydrogens (tertiary/aromatic N) is 2. The lowest BCUT2D eigenvalue weighted by Crippen LogP contribution is -2.65. The van der Waals surface area contributed by atoms with Crippen LogP contribution in [-0.4, -0.2) is 99.7 Å². The number of rotatable bonds is 10. The van der Waals surface area contributed by atoms with E-state index >= 15 is 0 Å². The summed E-state index contributed by atoms with van der Waals surface area (Å²) >= 11 is 0. The Hall–Kier alpha value is -3.22. The van der Waals surface area contributed by atoms with Crippen LogP contribution in [0.2, 0.25) is 0 Å². The molecule has 2 aliphatic rings. The lowest BCUT2D eigenvalue weighted by Gasteiger charge is -2.41. The standard InChI is InChI=1S/C26H39N5O7/c1-15(32)20(27)24(36)30-11-5-9-19(30)23(35)31-12-6-10-26(31,14-17-7-4-8-18(13-17)38-3)25(37)29-21(16(2)33)22(28)34/h4,7-8,13,15-16,19-21,32-33H,5-6,9-12,14,27H2,1-3H3,(H2,28,34)(H,29,37)/t15-,16-,19+,20+,21+,26+/m1/s1. The van der Waals surface area contributed by atoms with Crippen molar-refractivity contribution in [2.45, 2.75) is 81.8 Å². The number of methoxy groups -OCH3 is 1. The second-order valence-corrected chi connectivity index (χ2v) is 10.2. The molecule has 38 heavy (non-hydrogen) atoms. The van der Waals surface area contributed by atoms with E-state index in [1.165, 1.54) is 30.8 Å². The number of likely N-dealkylation sites (tertiary alicyclic amines) is 2. The van der Waals surface area contributed by atoms with E-state index in [2.05, 4.69) is 5.32 Å². The van der Waals surface area contributed by atoms with Crippen LogP contribution >= 0.6 is 0 Å². The Morgan fingerprint density at radius 1 is 1.16 bits per heavy atom. The maximum absolute atomic E-state index is 14.0. The minimum atomic E-state index is -1.41. The van der Waals surface area contributed by atoms with E-state index in [1.807, 2.05) is 6.07 Å². The van der Waals surface area contributed by atoms with E-state index in [0.29, 0.717) is 38.0 Å². The molecule has 3 rings (SSSR count). The minimum Gasteiger partial charge on any atom is -0.497 e. The molecule has 2 aliphatic heterocycles. The van der Waals surface area contributed by atoms with Gasteiger partial charge in [-0.2, -0.15) is 0 Å². The summed E-state index contributed by atoms with van der Waals surface area (Å²) < 4.78 is 5.33. The molecular formula is C26H39N5O7. The first-order valence-electron chi connectivity index (χ1n) is 12.9. The third kappa shape index (κ3) is 5.92. The van der Waals surface area contributed by atoms with Gasteiger partial charge in [0.25, 0.3) is 0 Å². The van der Waals surface area contributed by atoms with Gasteiger partial charge >= 0.3 is 0 Å². The summed E-state index contributed by atoms with van der Waals surface area (Å²) in [6.45, 7) is 3.32. The summed E-state index contributed by atoms with van der Waals surface area (Å²) in [5.74, 6) is -1.88. The van der Waals surface area contributed by atoms with E-state index < -0.39 is 59.5 Å². The van der Waals surface area contributed by atoms with Crippen LogP contribution in [-0.2, 0) is 25.6 Å². The minimum absolute atomic E-state index is 0.112. The molecule has 0 aromatic heterocycles. The number of benzene rings is 1.